The average molecular weight is 461 g/mol. The van der Waals surface area contributed by atoms with Crippen LogP contribution in [0, 0.1) is 0 Å². The van der Waals surface area contributed by atoms with Crippen molar-refractivity contribution < 1.29 is 4.79 Å². The molecule has 0 atom stereocenters. The molecule has 1 aliphatic rings. The van der Waals surface area contributed by atoms with Gasteiger partial charge in [-0.25, -0.2) is 0 Å². The zero-order valence-electron chi connectivity index (χ0n) is 19.6. The van der Waals surface area contributed by atoms with E-state index in [0.717, 1.165) is 57.1 Å². The number of carbonyl (C=O) groups excluding carboxylic acids is 1. The zero-order chi connectivity index (χ0) is 23.8. The maximum Gasteiger partial charge on any atom is 0.250 e. The SMILES string of the molecule is NC(=O)c1ccc(-n2ccc3c(-c4cnc5ccccc5c4)cccc32)cc1NC1CCCCC1. The lowest BCUT2D eigenvalue weighted by molar-refractivity contribution is 0.100. The highest BCUT2D eigenvalue weighted by Gasteiger charge is 2.18. The molecule has 0 spiro atoms. The molecule has 5 heteroatoms. The number of hydrogen-bond donors (Lipinski definition) is 2. The Morgan fingerprint density at radius 2 is 1.80 bits per heavy atom. The molecule has 1 fully saturated rings. The van der Waals surface area contributed by atoms with Gasteiger partial charge in [0.05, 0.1) is 16.6 Å². The van der Waals surface area contributed by atoms with Gasteiger partial charge >= 0.3 is 0 Å². The van der Waals surface area contributed by atoms with Crippen LogP contribution in [0.5, 0.6) is 0 Å². The molecule has 6 rings (SSSR count). The summed E-state index contributed by atoms with van der Waals surface area (Å²) in [7, 11) is 0. The molecule has 5 aromatic rings. The number of hydrogen-bond acceptors (Lipinski definition) is 3. The predicted octanol–water partition coefficient (Wildman–Crippen LogP) is 6.69. The number of nitrogens with one attached hydrogen (secondary N) is 1. The molecule has 1 aliphatic carbocycles. The molecule has 0 bridgehead atoms. The highest BCUT2D eigenvalue weighted by Crippen LogP contribution is 2.33. The summed E-state index contributed by atoms with van der Waals surface area (Å²) in [6, 6.07) is 25.1. The first kappa shape index (κ1) is 21.4. The lowest BCUT2D eigenvalue weighted by atomic mass is 9.95. The molecule has 0 saturated heterocycles. The Balaban J connectivity index is 1.42. The zero-order valence-corrected chi connectivity index (χ0v) is 19.6. The Hall–Kier alpha value is -4.12. The van der Waals surface area contributed by atoms with Crippen molar-refractivity contribution in [2.45, 2.75) is 38.1 Å². The Labute approximate surface area is 204 Å². The molecule has 0 aliphatic heterocycles. The third kappa shape index (κ3) is 4.03. The maximum atomic E-state index is 12.1. The van der Waals surface area contributed by atoms with E-state index >= 15 is 0 Å². The molecule has 1 saturated carbocycles. The van der Waals surface area contributed by atoms with Crippen LogP contribution < -0.4 is 11.1 Å². The fraction of sp³-hybridized carbons (Fsp3) is 0.200. The Bertz CT molecular complexity index is 1550. The molecule has 3 aromatic carbocycles. The first-order chi connectivity index (χ1) is 17.2. The van der Waals surface area contributed by atoms with Gasteiger partial charge < -0.3 is 15.6 Å². The topological polar surface area (TPSA) is 72.9 Å². The fourth-order valence-corrected chi connectivity index (χ4v) is 5.35. The van der Waals surface area contributed by atoms with Crippen molar-refractivity contribution in [3.8, 4) is 16.8 Å². The van der Waals surface area contributed by atoms with Gasteiger partial charge in [-0.2, -0.15) is 0 Å². The Morgan fingerprint density at radius 1 is 0.943 bits per heavy atom. The first-order valence-corrected chi connectivity index (χ1v) is 12.3. The van der Waals surface area contributed by atoms with E-state index in [0.29, 0.717) is 11.6 Å². The van der Waals surface area contributed by atoms with Gasteiger partial charge in [0, 0.05) is 46.1 Å². The van der Waals surface area contributed by atoms with Gasteiger partial charge in [-0.15, -0.1) is 0 Å². The van der Waals surface area contributed by atoms with E-state index in [1.165, 1.54) is 19.3 Å². The largest absolute Gasteiger partial charge is 0.382 e. The fourth-order valence-electron chi connectivity index (χ4n) is 5.35. The monoisotopic (exact) mass is 460 g/mol. The first-order valence-electron chi connectivity index (χ1n) is 12.3. The summed E-state index contributed by atoms with van der Waals surface area (Å²) < 4.78 is 2.17. The van der Waals surface area contributed by atoms with Crippen molar-refractivity contribution in [2.24, 2.45) is 5.73 Å². The third-order valence-corrected chi connectivity index (χ3v) is 7.15. The van der Waals surface area contributed by atoms with E-state index < -0.39 is 5.91 Å². The Morgan fingerprint density at radius 3 is 2.66 bits per heavy atom. The quantitative estimate of drug-likeness (QED) is 0.307. The predicted molar refractivity (Wildman–Crippen MR) is 143 cm³/mol. The van der Waals surface area contributed by atoms with Crippen LogP contribution in [-0.4, -0.2) is 21.5 Å². The standard InChI is InChI=1S/C30H28N4O/c31-30(35)26-14-13-23(18-28(26)33-22-8-2-1-3-9-22)34-16-15-25-24(10-6-12-29(25)34)21-17-20-7-4-5-11-27(20)32-19-21/h4-7,10-19,22,33H,1-3,8-9H2,(H2,31,35). The van der Waals surface area contributed by atoms with Crippen LogP contribution in [0.1, 0.15) is 42.5 Å². The van der Waals surface area contributed by atoms with Crippen LogP contribution in [0.4, 0.5) is 5.69 Å². The summed E-state index contributed by atoms with van der Waals surface area (Å²) in [6.07, 6.45) is 10.0. The van der Waals surface area contributed by atoms with Crippen LogP contribution in [0.25, 0.3) is 38.6 Å². The molecule has 0 unspecified atom stereocenters. The normalized spacial score (nSPS) is 14.4. The highest BCUT2D eigenvalue weighted by molar-refractivity contribution is 6.00. The van der Waals surface area contributed by atoms with Gasteiger partial charge in [-0.05, 0) is 60.9 Å². The number of para-hydroxylation sites is 1. The van der Waals surface area contributed by atoms with Gasteiger partial charge in [0.2, 0.25) is 0 Å². The summed E-state index contributed by atoms with van der Waals surface area (Å²) in [4.78, 5) is 16.8. The number of pyridine rings is 1. The molecule has 35 heavy (non-hydrogen) atoms. The number of anilines is 1. The molecule has 0 radical (unpaired) electrons. The number of nitrogens with zero attached hydrogens (tertiary/aromatic N) is 2. The summed E-state index contributed by atoms with van der Waals surface area (Å²) in [5.41, 5.74) is 12.4. The maximum absolute atomic E-state index is 12.1. The van der Waals surface area contributed by atoms with E-state index in [4.69, 9.17) is 5.73 Å². The second kappa shape index (κ2) is 8.91. The molecular weight excluding hydrogens is 432 g/mol. The molecule has 1 amide bonds. The second-order valence-corrected chi connectivity index (χ2v) is 9.41. The van der Waals surface area contributed by atoms with Crippen LogP contribution in [0.3, 0.4) is 0 Å². The number of rotatable bonds is 5. The Kier molecular flexibility index (Phi) is 5.45. The van der Waals surface area contributed by atoms with Gasteiger partial charge in [-0.3, -0.25) is 9.78 Å². The lowest BCUT2D eigenvalue weighted by Gasteiger charge is -2.25. The number of nitrogens with two attached hydrogens (primary N) is 1. The average Bonchev–Trinajstić information content (AvgIpc) is 3.33. The van der Waals surface area contributed by atoms with E-state index in [1.54, 1.807) is 0 Å². The van der Waals surface area contributed by atoms with Crippen molar-refractivity contribution in [2.75, 3.05) is 5.32 Å². The van der Waals surface area contributed by atoms with E-state index in [2.05, 4.69) is 63.5 Å². The molecule has 5 nitrogen and oxygen atoms in total. The van der Waals surface area contributed by atoms with E-state index in [9.17, 15) is 4.79 Å². The second-order valence-electron chi connectivity index (χ2n) is 9.41. The smallest absolute Gasteiger partial charge is 0.250 e. The van der Waals surface area contributed by atoms with Gasteiger partial charge in [-0.1, -0.05) is 49.6 Å². The number of aromatic nitrogens is 2. The molecular formula is C30H28N4O. The third-order valence-electron chi connectivity index (χ3n) is 7.15. The van der Waals surface area contributed by atoms with Crippen LogP contribution >= 0.6 is 0 Å². The number of benzene rings is 3. The number of amides is 1. The van der Waals surface area contributed by atoms with Crippen LogP contribution in [0.15, 0.2) is 85.2 Å². The molecule has 2 heterocycles. The van der Waals surface area contributed by atoms with Gasteiger partial charge in [0.1, 0.15) is 0 Å². The van der Waals surface area contributed by atoms with Crippen LogP contribution in [0.2, 0.25) is 0 Å². The van der Waals surface area contributed by atoms with Crippen molar-refractivity contribution in [1.29, 1.82) is 0 Å². The number of primary amides is 1. The summed E-state index contributed by atoms with van der Waals surface area (Å²) >= 11 is 0. The van der Waals surface area contributed by atoms with E-state index in [-0.39, 0.29) is 0 Å². The minimum atomic E-state index is -0.404. The van der Waals surface area contributed by atoms with Crippen molar-refractivity contribution in [1.82, 2.24) is 9.55 Å². The number of carbonyl (C=O) groups is 1. The minimum Gasteiger partial charge on any atom is -0.382 e. The van der Waals surface area contributed by atoms with Crippen molar-refractivity contribution in [3.63, 3.8) is 0 Å². The molecule has 174 valence electrons. The summed E-state index contributed by atoms with van der Waals surface area (Å²) in [6.45, 7) is 0. The van der Waals surface area contributed by atoms with Gasteiger partial charge in [0.25, 0.3) is 5.91 Å². The van der Waals surface area contributed by atoms with Gasteiger partial charge in [0.15, 0.2) is 0 Å². The summed E-state index contributed by atoms with van der Waals surface area (Å²) in [5, 5.41) is 5.90. The summed E-state index contributed by atoms with van der Waals surface area (Å²) in [5.74, 6) is -0.404. The van der Waals surface area contributed by atoms with E-state index in [1.807, 2.05) is 36.5 Å². The number of fused-ring (bicyclic) bond motifs is 2. The molecule has 2 aromatic heterocycles. The highest BCUT2D eigenvalue weighted by atomic mass is 16.1. The lowest BCUT2D eigenvalue weighted by Crippen LogP contribution is -2.24. The minimum absolute atomic E-state index is 0.380. The van der Waals surface area contributed by atoms with Crippen molar-refractivity contribution in [3.05, 3.63) is 90.8 Å². The van der Waals surface area contributed by atoms with Crippen LogP contribution in [-0.2, 0) is 0 Å². The molecule has 3 N–H and O–H groups in total. The van der Waals surface area contributed by atoms with Crippen molar-refractivity contribution >= 4 is 33.4 Å².